The van der Waals surface area contributed by atoms with Gasteiger partial charge in [0.25, 0.3) is 0 Å². The SMILES string of the molecule is NC(=O)c1ccc(OCc2c(C(=O)O)sc3cccc(Cl)c23)c(Cl)c1. The summed E-state index contributed by atoms with van der Waals surface area (Å²) in [6.45, 7) is -0.0268. The summed E-state index contributed by atoms with van der Waals surface area (Å²) < 4.78 is 6.43. The van der Waals surface area contributed by atoms with Crippen molar-refractivity contribution in [3.63, 3.8) is 0 Å². The summed E-state index contributed by atoms with van der Waals surface area (Å²) in [5, 5.41) is 10.8. The zero-order chi connectivity index (χ0) is 18.1. The molecule has 128 valence electrons. The Bertz CT molecular complexity index is 1000. The Morgan fingerprint density at radius 3 is 2.56 bits per heavy atom. The molecule has 0 bridgehead atoms. The van der Waals surface area contributed by atoms with E-state index in [1.54, 1.807) is 18.2 Å². The van der Waals surface area contributed by atoms with E-state index in [1.807, 2.05) is 0 Å². The number of thiophene rings is 1. The molecule has 1 aromatic heterocycles. The van der Waals surface area contributed by atoms with Gasteiger partial charge in [0.2, 0.25) is 5.91 Å². The number of fused-ring (bicyclic) bond motifs is 1. The van der Waals surface area contributed by atoms with E-state index >= 15 is 0 Å². The first kappa shape index (κ1) is 17.5. The zero-order valence-corrected chi connectivity index (χ0v) is 14.9. The number of carbonyl (C=O) groups is 2. The van der Waals surface area contributed by atoms with Crippen LogP contribution in [0.5, 0.6) is 5.75 Å². The molecule has 1 heterocycles. The Labute approximate surface area is 156 Å². The fourth-order valence-electron chi connectivity index (χ4n) is 2.40. The largest absolute Gasteiger partial charge is 0.487 e. The molecule has 25 heavy (non-hydrogen) atoms. The molecular weight excluding hydrogens is 385 g/mol. The Hall–Kier alpha value is -2.28. The van der Waals surface area contributed by atoms with Crippen molar-refractivity contribution < 1.29 is 19.4 Å². The van der Waals surface area contributed by atoms with Crippen LogP contribution in [-0.4, -0.2) is 17.0 Å². The average molecular weight is 396 g/mol. The topological polar surface area (TPSA) is 89.6 Å². The smallest absolute Gasteiger partial charge is 0.346 e. The van der Waals surface area contributed by atoms with Gasteiger partial charge in [0.05, 0.1) is 5.02 Å². The summed E-state index contributed by atoms with van der Waals surface area (Å²) in [7, 11) is 0. The molecule has 0 saturated heterocycles. The number of carboxylic acid groups (broad SMARTS) is 1. The number of benzene rings is 2. The molecule has 0 aliphatic rings. The lowest BCUT2D eigenvalue weighted by molar-refractivity contribution is 0.0699. The molecule has 0 unspecified atom stereocenters. The molecule has 0 saturated carbocycles. The predicted molar refractivity (Wildman–Crippen MR) is 98.1 cm³/mol. The number of halogens is 2. The summed E-state index contributed by atoms with van der Waals surface area (Å²) in [5.74, 6) is -1.34. The molecule has 0 spiro atoms. The number of hydrogen-bond donors (Lipinski definition) is 2. The minimum absolute atomic E-state index is 0.0268. The van der Waals surface area contributed by atoms with Crippen LogP contribution in [0.1, 0.15) is 25.6 Å². The molecule has 0 radical (unpaired) electrons. The summed E-state index contributed by atoms with van der Waals surface area (Å²) in [4.78, 5) is 22.9. The van der Waals surface area contributed by atoms with Crippen molar-refractivity contribution in [2.75, 3.05) is 0 Å². The maximum Gasteiger partial charge on any atom is 0.346 e. The fourth-order valence-corrected chi connectivity index (χ4v) is 4.05. The van der Waals surface area contributed by atoms with Gasteiger partial charge in [0.1, 0.15) is 17.2 Å². The summed E-state index contributed by atoms with van der Waals surface area (Å²) in [5.41, 5.74) is 5.94. The normalized spacial score (nSPS) is 10.8. The van der Waals surface area contributed by atoms with Crippen molar-refractivity contribution in [2.24, 2.45) is 5.73 Å². The van der Waals surface area contributed by atoms with Crippen molar-refractivity contribution in [3.8, 4) is 5.75 Å². The quantitative estimate of drug-likeness (QED) is 0.661. The van der Waals surface area contributed by atoms with Gasteiger partial charge < -0.3 is 15.6 Å². The molecule has 5 nitrogen and oxygen atoms in total. The van der Waals surface area contributed by atoms with E-state index in [2.05, 4.69) is 0 Å². The fraction of sp³-hybridized carbons (Fsp3) is 0.0588. The second kappa shape index (κ2) is 6.92. The number of ether oxygens (including phenoxy) is 1. The molecule has 0 aliphatic carbocycles. The van der Waals surface area contributed by atoms with Crippen LogP contribution >= 0.6 is 34.5 Å². The maximum atomic E-state index is 11.5. The van der Waals surface area contributed by atoms with Gasteiger partial charge in [-0.05, 0) is 30.3 Å². The molecule has 1 amide bonds. The van der Waals surface area contributed by atoms with Crippen molar-refractivity contribution >= 4 is 56.5 Å². The maximum absolute atomic E-state index is 11.5. The van der Waals surface area contributed by atoms with E-state index in [9.17, 15) is 14.7 Å². The van der Waals surface area contributed by atoms with Crippen molar-refractivity contribution in [1.29, 1.82) is 0 Å². The third-order valence-corrected chi connectivity index (χ3v) is 5.34. The number of carboxylic acids is 1. The van der Waals surface area contributed by atoms with E-state index in [1.165, 1.54) is 18.2 Å². The lowest BCUT2D eigenvalue weighted by Gasteiger charge is -2.09. The van der Waals surface area contributed by atoms with Gasteiger partial charge in [-0.2, -0.15) is 0 Å². The molecule has 3 aromatic rings. The number of amides is 1. The molecule has 2 aromatic carbocycles. The van der Waals surface area contributed by atoms with Crippen LogP contribution in [0.3, 0.4) is 0 Å². The Kier molecular flexibility index (Phi) is 4.85. The van der Waals surface area contributed by atoms with Crippen LogP contribution in [0.4, 0.5) is 0 Å². The Balaban J connectivity index is 1.97. The van der Waals surface area contributed by atoms with E-state index in [0.29, 0.717) is 21.7 Å². The van der Waals surface area contributed by atoms with Crippen molar-refractivity contribution in [2.45, 2.75) is 6.61 Å². The van der Waals surface area contributed by atoms with Crippen molar-refractivity contribution in [3.05, 3.63) is 62.4 Å². The summed E-state index contributed by atoms with van der Waals surface area (Å²) in [6, 6.07) is 9.66. The van der Waals surface area contributed by atoms with Gasteiger partial charge in [0, 0.05) is 26.2 Å². The van der Waals surface area contributed by atoms with Gasteiger partial charge in [0.15, 0.2) is 0 Å². The van der Waals surface area contributed by atoms with Gasteiger partial charge in [-0.1, -0.05) is 29.3 Å². The lowest BCUT2D eigenvalue weighted by Crippen LogP contribution is -2.10. The second-order valence-corrected chi connectivity index (χ2v) is 6.99. The first-order chi connectivity index (χ1) is 11.9. The van der Waals surface area contributed by atoms with Crippen LogP contribution in [0.15, 0.2) is 36.4 Å². The Morgan fingerprint density at radius 1 is 1.16 bits per heavy atom. The average Bonchev–Trinajstić information content (AvgIpc) is 2.94. The van der Waals surface area contributed by atoms with Crippen LogP contribution in [0.25, 0.3) is 10.1 Å². The number of nitrogens with two attached hydrogens (primary N) is 1. The monoisotopic (exact) mass is 395 g/mol. The number of hydrogen-bond acceptors (Lipinski definition) is 4. The van der Waals surface area contributed by atoms with Gasteiger partial charge in [-0.25, -0.2) is 4.79 Å². The number of rotatable bonds is 5. The van der Waals surface area contributed by atoms with Gasteiger partial charge in [-0.15, -0.1) is 11.3 Å². The highest BCUT2D eigenvalue weighted by atomic mass is 35.5. The third kappa shape index (κ3) is 3.42. The van der Waals surface area contributed by atoms with E-state index in [0.717, 1.165) is 16.0 Å². The van der Waals surface area contributed by atoms with Gasteiger partial charge in [-0.3, -0.25) is 4.79 Å². The van der Waals surface area contributed by atoms with E-state index < -0.39 is 11.9 Å². The van der Waals surface area contributed by atoms with Gasteiger partial charge >= 0.3 is 5.97 Å². The third-order valence-electron chi connectivity index (χ3n) is 3.55. The standard InChI is InChI=1S/C17H11Cl2NO4S/c18-10-2-1-3-13-14(10)9(15(25-13)17(22)23)7-24-12-5-4-8(16(20)21)6-11(12)19/h1-6H,7H2,(H2,20,21)(H,22,23). The van der Waals surface area contributed by atoms with E-state index in [4.69, 9.17) is 33.7 Å². The minimum Gasteiger partial charge on any atom is -0.487 e. The van der Waals surface area contributed by atoms with E-state index in [-0.39, 0.29) is 22.1 Å². The zero-order valence-electron chi connectivity index (χ0n) is 12.6. The molecule has 8 heteroatoms. The predicted octanol–water partition coefficient (Wildman–Crippen LogP) is 4.58. The number of carbonyl (C=O) groups excluding carboxylic acids is 1. The minimum atomic E-state index is -1.05. The highest BCUT2D eigenvalue weighted by Gasteiger charge is 2.20. The highest BCUT2D eigenvalue weighted by molar-refractivity contribution is 7.21. The number of aromatic carboxylic acids is 1. The molecular formula is C17H11Cl2NO4S. The molecule has 3 N–H and O–H groups in total. The second-order valence-electron chi connectivity index (χ2n) is 5.13. The summed E-state index contributed by atoms with van der Waals surface area (Å²) >= 11 is 13.5. The molecule has 0 aliphatic heterocycles. The first-order valence-corrected chi connectivity index (χ1v) is 8.61. The van der Waals surface area contributed by atoms with Crippen LogP contribution < -0.4 is 10.5 Å². The first-order valence-electron chi connectivity index (χ1n) is 7.04. The number of primary amides is 1. The van der Waals surface area contributed by atoms with Crippen LogP contribution in [0.2, 0.25) is 10.0 Å². The summed E-state index contributed by atoms with van der Waals surface area (Å²) in [6.07, 6.45) is 0. The molecule has 0 atom stereocenters. The molecule has 3 rings (SSSR count). The lowest BCUT2D eigenvalue weighted by atomic mass is 10.1. The van der Waals surface area contributed by atoms with Crippen LogP contribution in [0, 0.1) is 0 Å². The highest BCUT2D eigenvalue weighted by Crippen LogP contribution is 2.37. The molecule has 0 fully saturated rings. The van der Waals surface area contributed by atoms with Crippen molar-refractivity contribution in [1.82, 2.24) is 0 Å². The van der Waals surface area contributed by atoms with Crippen LogP contribution in [-0.2, 0) is 6.61 Å². The Morgan fingerprint density at radius 2 is 1.92 bits per heavy atom.